The van der Waals surface area contributed by atoms with Crippen molar-refractivity contribution in [3.05, 3.63) is 89.4 Å². The number of anilines is 2. The van der Waals surface area contributed by atoms with Gasteiger partial charge in [0.2, 0.25) is 0 Å². The number of aromatic nitrogens is 2. The van der Waals surface area contributed by atoms with Gasteiger partial charge in [0.1, 0.15) is 5.69 Å². The number of fused-ring (bicyclic) bond motifs is 1. The van der Waals surface area contributed by atoms with E-state index in [-0.39, 0.29) is 5.91 Å². The number of imidazole rings is 1. The predicted molar refractivity (Wildman–Crippen MR) is 144 cm³/mol. The standard InChI is InChI=1S/C29H33N5O2/c1-4-25-27(34-15-5-6-26(36-3)28(34)31-25)29(35)30-20-22-9-13-24(14-10-22)33-18-16-32(17-19-33)23-11-7-21(2)8-12-23/h5-15H,4,16-20H2,1-3H3,(H,30,35). The fourth-order valence-corrected chi connectivity index (χ4v) is 4.80. The van der Waals surface area contributed by atoms with Crippen molar-refractivity contribution in [1.82, 2.24) is 14.7 Å². The molecular formula is C29H33N5O2. The lowest BCUT2D eigenvalue weighted by molar-refractivity contribution is 0.0944. The van der Waals surface area contributed by atoms with Crippen LogP contribution in [0.5, 0.6) is 5.75 Å². The highest BCUT2D eigenvalue weighted by Gasteiger charge is 2.20. The van der Waals surface area contributed by atoms with E-state index in [0.717, 1.165) is 37.4 Å². The second-order valence-corrected chi connectivity index (χ2v) is 9.19. The third-order valence-electron chi connectivity index (χ3n) is 6.89. The Hall–Kier alpha value is -4.00. The first-order chi connectivity index (χ1) is 17.6. The van der Waals surface area contributed by atoms with Gasteiger partial charge in [-0.25, -0.2) is 4.98 Å². The minimum Gasteiger partial charge on any atom is -0.493 e. The average molecular weight is 484 g/mol. The lowest BCUT2D eigenvalue weighted by atomic mass is 10.1. The molecule has 0 saturated carbocycles. The summed E-state index contributed by atoms with van der Waals surface area (Å²) in [5.41, 5.74) is 6.85. The van der Waals surface area contributed by atoms with Crippen LogP contribution in [0.2, 0.25) is 0 Å². The normalized spacial score (nSPS) is 13.8. The molecule has 1 N–H and O–H groups in total. The SMILES string of the molecule is CCc1nc2c(OC)cccn2c1C(=O)NCc1ccc(N2CCN(c3ccc(C)cc3)CC2)cc1. The number of piperazine rings is 1. The molecule has 5 rings (SSSR count). The second-order valence-electron chi connectivity index (χ2n) is 9.19. The van der Waals surface area contributed by atoms with E-state index >= 15 is 0 Å². The first-order valence-electron chi connectivity index (χ1n) is 12.5. The van der Waals surface area contributed by atoms with Crippen LogP contribution in [0.3, 0.4) is 0 Å². The number of pyridine rings is 1. The van der Waals surface area contributed by atoms with Gasteiger partial charge in [0, 0.05) is 50.3 Å². The monoisotopic (exact) mass is 483 g/mol. The molecule has 0 bridgehead atoms. The first kappa shape index (κ1) is 23.7. The van der Waals surface area contributed by atoms with Crippen molar-refractivity contribution < 1.29 is 9.53 Å². The number of methoxy groups -OCH3 is 1. The highest BCUT2D eigenvalue weighted by Crippen LogP contribution is 2.23. The van der Waals surface area contributed by atoms with Crippen LogP contribution in [0.25, 0.3) is 5.65 Å². The molecule has 1 amide bonds. The van der Waals surface area contributed by atoms with Crippen LogP contribution >= 0.6 is 0 Å². The smallest absolute Gasteiger partial charge is 0.270 e. The van der Waals surface area contributed by atoms with Crippen LogP contribution in [0.4, 0.5) is 11.4 Å². The maximum atomic E-state index is 13.1. The molecule has 36 heavy (non-hydrogen) atoms. The highest BCUT2D eigenvalue weighted by atomic mass is 16.5. The van der Waals surface area contributed by atoms with Gasteiger partial charge in [-0.15, -0.1) is 0 Å². The quantitative estimate of drug-likeness (QED) is 0.420. The van der Waals surface area contributed by atoms with Crippen LogP contribution in [0, 0.1) is 6.92 Å². The van der Waals surface area contributed by atoms with E-state index in [1.54, 1.807) is 7.11 Å². The van der Waals surface area contributed by atoms with Crippen molar-refractivity contribution in [2.24, 2.45) is 0 Å². The largest absolute Gasteiger partial charge is 0.493 e. The van der Waals surface area contributed by atoms with E-state index in [0.29, 0.717) is 30.1 Å². The molecule has 7 nitrogen and oxygen atoms in total. The Morgan fingerprint density at radius 3 is 2.14 bits per heavy atom. The number of amides is 1. The molecule has 186 valence electrons. The van der Waals surface area contributed by atoms with Crippen LogP contribution in [0.15, 0.2) is 66.9 Å². The number of ether oxygens (including phenoxy) is 1. The lowest BCUT2D eigenvalue weighted by Gasteiger charge is -2.37. The minimum absolute atomic E-state index is 0.135. The fraction of sp³-hybridized carbons (Fsp3) is 0.310. The van der Waals surface area contributed by atoms with Crippen LogP contribution in [0.1, 0.15) is 34.2 Å². The number of hydrogen-bond acceptors (Lipinski definition) is 5. The summed E-state index contributed by atoms with van der Waals surface area (Å²) in [6.45, 7) is 8.57. The molecule has 2 aromatic heterocycles. The van der Waals surface area contributed by atoms with Gasteiger partial charge < -0.3 is 19.9 Å². The van der Waals surface area contributed by atoms with E-state index in [9.17, 15) is 4.79 Å². The molecule has 0 atom stereocenters. The van der Waals surface area contributed by atoms with Crippen LogP contribution in [-0.2, 0) is 13.0 Å². The van der Waals surface area contributed by atoms with Crippen molar-refractivity contribution in [3.63, 3.8) is 0 Å². The van der Waals surface area contributed by atoms with Crippen molar-refractivity contribution >= 4 is 22.9 Å². The Kier molecular flexibility index (Phi) is 6.80. The molecular weight excluding hydrogens is 450 g/mol. The van der Waals surface area contributed by atoms with Crippen LogP contribution in [-0.4, -0.2) is 48.6 Å². The maximum Gasteiger partial charge on any atom is 0.270 e. The zero-order chi connectivity index (χ0) is 25.1. The van der Waals surface area contributed by atoms with Gasteiger partial charge in [0.15, 0.2) is 11.4 Å². The predicted octanol–water partition coefficient (Wildman–Crippen LogP) is 4.47. The Balaban J connectivity index is 1.20. The third-order valence-corrected chi connectivity index (χ3v) is 6.89. The molecule has 1 fully saturated rings. The Labute approximate surface area is 212 Å². The van der Waals surface area contributed by atoms with Gasteiger partial charge in [-0.3, -0.25) is 9.20 Å². The lowest BCUT2D eigenvalue weighted by Crippen LogP contribution is -2.46. The molecule has 2 aromatic carbocycles. The average Bonchev–Trinajstić information content (AvgIpc) is 3.32. The molecule has 0 aliphatic carbocycles. The zero-order valence-electron chi connectivity index (χ0n) is 21.2. The molecule has 4 aromatic rings. The highest BCUT2D eigenvalue weighted by molar-refractivity contribution is 5.95. The molecule has 0 spiro atoms. The third kappa shape index (κ3) is 4.73. The summed E-state index contributed by atoms with van der Waals surface area (Å²) in [6.07, 6.45) is 2.52. The van der Waals surface area contributed by atoms with E-state index in [1.165, 1.54) is 16.9 Å². The van der Waals surface area contributed by atoms with Gasteiger partial charge in [-0.1, -0.05) is 36.8 Å². The van der Waals surface area contributed by atoms with E-state index in [1.807, 2.05) is 29.7 Å². The number of nitrogens with one attached hydrogen (secondary N) is 1. The number of rotatable bonds is 7. The molecule has 1 saturated heterocycles. The second kappa shape index (κ2) is 10.3. The summed E-state index contributed by atoms with van der Waals surface area (Å²) in [4.78, 5) is 22.6. The number of carbonyl (C=O) groups excluding carboxylic acids is 1. The summed E-state index contributed by atoms with van der Waals surface area (Å²) in [7, 11) is 1.61. The fourth-order valence-electron chi connectivity index (χ4n) is 4.80. The summed E-state index contributed by atoms with van der Waals surface area (Å²) in [5, 5.41) is 3.07. The van der Waals surface area contributed by atoms with Gasteiger partial charge in [-0.2, -0.15) is 0 Å². The van der Waals surface area contributed by atoms with E-state index in [4.69, 9.17) is 4.74 Å². The van der Waals surface area contributed by atoms with E-state index in [2.05, 4.69) is 75.6 Å². The number of carbonyl (C=O) groups is 1. The number of aryl methyl sites for hydroxylation is 2. The Bertz CT molecular complexity index is 1340. The van der Waals surface area contributed by atoms with Gasteiger partial charge in [0.25, 0.3) is 5.91 Å². The molecule has 7 heteroatoms. The molecule has 3 heterocycles. The zero-order valence-corrected chi connectivity index (χ0v) is 21.2. The summed E-state index contributed by atoms with van der Waals surface area (Å²) in [6, 6.07) is 21.0. The Morgan fingerprint density at radius 2 is 1.56 bits per heavy atom. The molecule has 1 aliphatic rings. The maximum absolute atomic E-state index is 13.1. The van der Waals surface area contributed by atoms with Crippen molar-refractivity contribution in [2.75, 3.05) is 43.1 Å². The molecule has 0 radical (unpaired) electrons. The van der Waals surface area contributed by atoms with Crippen LogP contribution < -0.4 is 19.9 Å². The number of benzene rings is 2. The number of nitrogens with zero attached hydrogens (tertiary/aromatic N) is 4. The first-order valence-corrected chi connectivity index (χ1v) is 12.5. The topological polar surface area (TPSA) is 62.1 Å². The molecule has 1 aliphatic heterocycles. The Morgan fingerprint density at radius 1 is 0.944 bits per heavy atom. The number of hydrogen-bond donors (Lipinski definition) is 1. The summed E-state index contributed by atoms with van der Waals surface area (Å²) < 4.78 is 7.23. The molecule has 0 unspecified atom stereocenters. The summed E-state index contributed by atoms with van der Waals surface area (Å²) >= 11 is 0. The van der Waals surface area contributed by atoms with Gasteiger partial charge >= 0.3 is 0 Å². The minimum atomic E-state index is -0.135. The van der Waals surface area contributed by atoms with Crippen molar-refractivity contribution in [1.29, 1.82) is 0 Å². The van der Waals surface area contributed by atoms with Gasteiger partial charge in [-0.05, 0) is 55.3 Å². The van der Waals surface area contributed by atoms with Crippen molar-refractivity contribution in [3.8, 4) is 5.75 Å². The van der Waals surface area contributed by atoms with E-state index < -0.39 is 0 Å². The van der Waals surface area contributed by atoms with Gasteiger partial charge in [0.05, 0.1) is 12.8 Å². The van der Waals surface area contributed by atoms with Crippen molar-refractivity contribution in [2.45, 2.75) is 26.8 Å². The summed E-state index contributed by atoms with van der Waals surface area (Å²) in [5.74, 6) is 0.519.